The Balaban J connectivity index is 1.62. The number of hydrogen-bond donors (Lipinski definition) is 2. The molecule has 37 heavy (non-hydrogen) atoms. The van der Waals surface area contributed by atoms with Gasteiger partial charge < -0.3 is 15.5 Å². The average molecular weight is 496 g/mol. The summed E-state index contributed by atoms with van der Waals surface area (Å²) in [6.07, 6.45) is 0.799. The SMILES string of the molecule is CCc1ccccc1NC(=O)N(CC)CC(=O)Nc1c(-c2ccccc2)c(C)nn1-c1ccccc1C. The molecule has 0 aliphatic rings. The van der Waals surface area contributed by atoms with Gasteiger partial charge in [0.25, 0.3) is 0 Å². The zero-order chi connectivity index (χ0) is 26.4. The van der Waals surface area contributed by atoms with Crippen LogP contribution in [0.4, 0.5) is 16.3 Å². The van der Waals surface area contributed by atoms with E-state index >= 15 is 0 Å². The summed E-state index contributed by atoms with van der Waals surface area (Å²) in [7, 11) is 0. The van der Waals surface area contributed by atoms with E-state index in [2.05, 4.69) is 10.6 Å². The van der Waals surface area contributed by atoms with Crippen LogP contribution in [-0.2, 0) is 11.2 Å². The van der Waals surface area contributed by atoms with E-state index in [1.807, 2.05) is 107 Å². The number of urea groups is 1. The maximum Gasteiger partial charge on any atom is 0.322 e. The van der Waals surface area contributed by atoms with Crippen molar-refractivity contribution in [2.45, 2.75) is 34.1 Å². The fourth-order valence-corrected chi connectivity index (χ4v) is 4.39. The second-order valence-corrected chi connectivity index (χ2v) is 8.88. The van der Waals surface area contributed by atoms with Crippen molar-refractivity contribution in [3.05, 3.63) is 95.7 Å². The fraction of sp³-hybridized carbons (Fsp3) is 0.233. The van der Waals surface area contributed by atoms with Crippen molar-refractivity contribution in [3.8, 4) is 16.8 Å². The second-order valence-electron chi connectivity index (χ2n) is 8.88. The summed E-state index contributed by atoms with van der Waals surface area (Å²) in [5.74, 6) is 0.281. The van der Waals surface area contributed by atoms with Crippen LogP contribution in [0.5, 0.6) is 0 Å². The van der Waals surface area contributed by atoms with Gasteiger partial charge in [0.1, 0.15) is 12.4 Å². The number of rotatable bonds is 8. The van der Waals surface area contributed by atoms with Crippen molar-refractivity contribution >= 4 is 23.4 Å². The van der Waals surface area contributed by atoms with Crippen LogP contribution in [0.25, 0.3) is 16.8 Å². The minimum absolute atomic E-state index is 0.0944. The number of likely N-dealkylation sites (N-methyl/N-ethyl adjacent to an activating group) is 1. The summed E-state index contributed by atoms with van der Waals surface area (Å²) in [5.41, 5.74) is 6.31. The normalized spacial score (nSPS) is 10.7. The molecule has 1 aromatic heterocycles. The fourth-order valence-electron chi connectivity index (χ4n) is 4.39. The second kappa shape index (κ2) is 11.6. The number of hydrogen-bond acceptors (Lipinski definition) is 3. The number of carbonyl (C=O) groups excluding carboxylic acids is 2. The molecule has 0 aliphatic heterocycles. The van der Waals surface area contributed by atoms with Gasteiger partial charge in [-0.3, -0.25) is 4.79 Å². The molecule has 0 radical (unpaired) electrons. The van der Waals surface area contributed by atoms with E-state index in [1.165, 1.54) is 4.90 Å². The summed E-state index contributed by atoms with van der Waals surface area (Å²) >= 11 is 0. The lowest BCUT2D eigenvalue weighted by atomic mass is 10.1. The third-order valence-corrected chi connectivity index (χ3v) is 6.37. The van der Waals surface area contributed by atoms with Gasteiger partial charge in [0, 0.05) is 17.8 Å². The molecule has 4 rings (SSSR count). The van der Waals surface area contributed by atoms with Crippen LogP contribution in [-0.4, -0.2) is 39.7 Å². The topological polar surface area (TPSA) is 79.3 Å². The summed E-state index contributed by atoms with van der Waals surface area (Å²) in [6.45, 7) is 8.13. The summed E-state index contributed by atoms with van der Waals surface area (Å²) in [4.78, 5) is 27.9. The third kappa shape index (κ3) is 5.72. The highest BCUT2D eigenvalue weighted by molar-refractivity contribution is 5.99. The summed E-state index contributed by atoms with van der Waals surface area (Å²) in [5, 5.41) is 10.8. The Kier molecular flexibility index (Phi) is 8.03. The van der Waals surface area contributed by atoms with Crippen molar-refractivity contribution < 1.29 is 9.59 Å². The lowest BCUT2D eigenvalue weighted by molar-refractivity contribution is -0.116. The van der Waals surface area contributed by atoms with Gasteiger partial charge in [-0.15, -0.1) is 0 Å². The van der Waals surface area contributed by atoms with Crippen molar-refractivity contribution in [1.82, 2.24) is 14.7 Å². The first-order chi connectivity index (χ1) is 17.9. The number of amides is 3. The molecule has 7 nitrogen and oxygen atoms in total. The van der Waals surface area contributed by atoms with Gasteiger partial charge in [-0.05, 0) is 56.0 Å². The molecule has 0 saturated heterocycles. The third-order valence-electron chi connectivity index (χ3n) is 6.37. The van der Waals surface area contributed by atoms with Gasteiger partial charge in [-0.25, -0.2) is 9.48 Å². The van der Waals surface area contributed by atoms with Crippen LogP contribution in [0.3, 0.4) is 0 Å². The molecule has 0 fully saturated rings. The maximum absolute atomic E-state index is 13.3. The van der Waals surface area contributed by atoms with Gasteiger partial charge in [0.15, 0.2) is 0 Å². The minimum atomic E-state index is -0.314. The molecule has 4 aromatic rings. The standard InChI is InChI=1S/C30H33N5O2/c1-5-23-15-11-12-18-25(23)31-30(37)34(6-2)20-27(36)32-29-28(24-16-8-7-9-17-24)22(4)33-35(29)26-19-13-10-14-21(26)3/h7-19H,5-6,20H2,1-4H3,(H,31,37)(H,32,36). The molecule has 0 spiro atoms. The van der Waals surface area contributed by atoms with Crippen LogP contribution in [0.15, 0.2) is 78.9 Å². The van der Waals surface area contributed by atoms with Crippen LogP contribution >= 0.6 is 0 Å². The molecule has 3 amide bonds. The Morgan fingerprint density at radius 2 is 1.54 bits per heavy atom. The highest BCUT2D eigenvalue weighted by atomic mass is 16.2. The van der Waals surface area contributed by atoms with E-state index in [-0.39, 0.29) is 18.5 Å². The summed E-state index contributed by atoms with van der Waals surface area (Å²) in [6, 6.07) is 25.2. The average Bonchev–Trinajstić information content (AvgIpc) is 3.23. The number of nitrogens with one attached hydrogen (secondary N) is 2. The number of nitrogens with zero attached hydrogens (tertiary/aromatic N) is 3. The van der Waals surface area contributed by atoms with Crippen molar-refractivity contribution in [1.29, 1.82) is 0 Å². The highest BCUT2D eigenvalue weighted by Gasteiger charge is 2.23. The van der Waals surface area contributed by atoms with E-state index in [1.54, 1.807) is 4.68 Å². The minimum Gasteiger partial charge on any atom is -0.315 e. The van der Waals surface area contributed by atoms with E-state index in [0.29, 0.717) is 12.4 Å². The van der Waals surface area contributed by atoms with Crippen molar-refractivity contribution in [3.63, 3.8) is 0 Å². The van der Waals surface area contributed by atoms with Crippen LogP contribution in [0, 0.1) is 13.8 Å². The van der Waals surface area contributed by atoms with Gasteiger partial charge in [0.2, 0.25) is 5.91 Å². The number of benzene rings is 3. The quantitative estimate of drug-likeness (QED) is 0.305. The van der Waals surface area contributed by atoms with Gasteiger partial charge in [0.05, 0.1) is 11.4 Å². The van der Waals surface area contributed by atoms with Crippen LogP contribution < -0.4 is 10.6 Å². The highest BCUT2D eigenvalue weighted by Crippen LogP contribution is 2.34. The molecule has 3 aromatic carbocycles. The smallest absolute Gasteiger partial charge is 0.315 e. The number of aryl methyl sites for hydroxylation is 3. The van der Waals surface area contributed by atoms with E-state index in [9.17, 15) is 9.59 Å². The Morgan fingerprint density at radius 1 is 0.865 bits per heavy atom. The maximum atomic E-state index is 13.3. The Morgan fingerprint density at radius 3 is 2.24 bits per heavy atom. The van der Waals surface area contributed by atoms with Crippen molar-refractivity contribution in [2.75, 3.05) is 23.7 Å². The monoisotopic (exact) mass is 495 g/mol. The van der Waals surface area contributed by atoms with Crippen LogP contribution in [0.2, 0.25) is 0 Å². The molecule has 0 saturated carbocycles. The molecule has 1 heterocycles. The molecular weight excluding hydrogens is 462 g/mol. The largest absolute Gasteiger partial charge is 0.322 e. The summed E-state index contributed by atoms with van der Waals surface area (Å²) < 4.78 is 1.78. The molecule has 7 heteroatoms. The molecular formula is C30H33N5O2. The predicted octanol–water partition coefficient (Wildman–Crippen LogP) is 6.21. The first-order valence-electron chi connectivity index (χ1n) is 12.6. The van der Waals surface area contributed by atoms with E-state index in [4.69, 9.17) is 5.10 Å². The molecule has 0 atom stereocenters. The number of para-hydroxylation sites is 2. The first kappa shape index (κ1) is 25.7. The van der Waals surface area contributed by atoms with E-state index in [0.717, 1.165) is 45.7 Å². The lowest BCUT2D eigenvalue weighted by Crippen LogP contribution is -2.40. The Hall–Kier alpha value is -4.39. The first-order valence-corrected chi connectivity index (χ1v) is 12.6. The number of carbonyl (C=O) groups is 2. The molecule has 0 unspecified atom stereocenters. The number of anilines is 2. The number of aromatic nitrogens is 2. The zero-order valence-corrected chi connectivity index (χ0v) is 21.8. The van der Waals surface area contributed by atoms with E-state index < -0.39 is 0 Å². The molecule has 2 N–H and O–H groups in total. The Labute approximate surface area is 218 Å². The predicted molar refractivity (Wildman–Crippen MR) is 149 cm³/mol. The van der Waals surface area contributed by atoms with Gasteiger partial charge >= 0.3 is 6.03 Å². The molecule has 0 bridgehead atoms. The lowest BCUT2D eigenvalue weighted by Gasteiger charge is -2.22. The van der Waals surface area contributed by atoms with Gasteiger partial charge in [-0.1, -0.05) is 73.7 Å². The van der Waals surface area contributed by atoms with Gasteiger partial charge in [-0.2, -0.15) is 5.10 Å². The zero-order valence-electron chi connectivity index (χ0n) is 21.8. The Bertz CT molecular complexity index is 1390. The van der Waals surface area contributed by atoms with Crippen molar-refractivity contribution in [2.24, 2.45) is 0 Å². The molecule has 190 valence electrons. The molecule has 0 aliphatic carbocycles. The van der Waals surface area contributed by atoms with Crippen LogP contribution in [0.1, 0.15) is 30.7 Å².